The molecule has 4 atom stereocenters. The van der Waals surface area contributed by atoms with E-state index in [0.29, 0.717) is 25.3 Å². The fourth-order valence-corrected chi connectivity index (χ4v) is 3.47. The average Bonchev–Trinajstić information content (AvgIpc) is 2.45. The predicted molar refractivity (Wildman–Crippen MR) is 74.7 cm³/mol. The molecule has 0 bridgehead atoms. The van der Waals surface area contributed by atoms with Crippen LogP contribution in [0.3, 0.4) is 0 Å². The standard InChI is InChI=1S/C15H25F3N2O/c1-10-4-3-7-19-13(10)9-20-14(21)11-5-2-6-12(8-11)15(16,17)18/h10-13,19H,2-9H2,1H3,(H,20,21). The maximum atomic E-state index is 12.8. The Morgan fingerprint density at radius 2 is 2.00 bits per heavy atom. The van der Waals surface area contributed by atoms with Gasteiger partial charge in [0.05, 0.1) is 5.92 Å². The van der Waals surface area contributed by atoms with E-state index in [4.69, 9.17) is 0 Å². The third-order valence-corrected chi connectivity index (χ3v) is 4.93. The van der Waals surface area contributed by atoms with Crippen molar-refractivity contribution in [2.75, 3.05) is 13.1 Å². The highest BCUT2D eigenvalue weighted by atomic mass is 19.4. The molecule has 0 aromatic heterocycles. The molecule has 2 rings (SSSR count). The molecule has 21 heavy (non-hydrogen) atoms. The van der Waals surface area contributed by atoms with E-state index >= 15 is 0 Å². The zero-order valence-electron chi connectivity index (χ0n) is 12.5. The minimum absolute atomic E-state index is 0.0526. The monoisotopic (exact) mass is 306 g/mol. The van der Waals surface area contributed by atoms with Crippen molar-refractivity contribution < 1.29 is 18.0 Å². The predicted octanol–water partition coefficient (Wildman–Crippen LogP) is 2.86. The number of alkyl halides is 3. The van der Waals surface area contributed by atoms with E-state index in [9.17, 15) is 18.0 Å². The third-order valence-electron chi connectivity index (χ3n) is 4.93. The SMILES string of the molecule is CC1CCCNC1CNC(=O)C1CCCC(C(F)(F)F)C1. The summed E-state index contributed by atoms with van der Waals surface area (Å²) in [6.45, 7) is 3.61. The van der Waals surface area contributed by atoms with Gasteiger partial charge in [-0.25, -0.2) is 0 Å². The first-order chi connectivity index (χ1) is 9.88. The molecule has 2 aliphatic rings. The van der Waals surface area contributed by atoms with Crippen molar-refractivity contribution in [1.29, 1.82) is 0 Å². The van der Waals surface area contributed by atoms with Gasteiger partial charge in [0, 0.05) is 18.5 Å². The average molecular weight is 306 g/mol. The van der Waals surface area contributed by atoms with Gasteiger partial charge in [0.15, 0.2) is 0 Å². The molecular weight excluding hydrogens is 281 g/mol. The van der Waals surface area contributed by atoms with Crippen molar-refractivity contribution in [3.63, 3.8) is 0 Å². The fourth-order valence-electron chi connectivity index (χ4n) is 3.47. The van der Waals surface area contributed by atoms with Crippen LogP contribution in [0.15, 0.2) is 0 Å². The van der Waals surface area contributed by atoms with Crippen molar-refractivity contribution in [2.24, 2.45) is 17.8 Å². The molecule has 1 saturated carbocycles. The Morgan fingerprint density at radius 1 is 1.24 bits per heavy atom. The first kappa shape index (κ1) is 16.6. The quantitative estimate of drug-likeness (QED) is 0.842. The molecule has 2 N–H and O–H groups in total. The topological polar surface area (TPSA) is 41.1 Å². The Kier molecular flexibility index (Phi) is 5.52. The minimum Gasteiger partial charge on any atom is -0.354 e. The molecule has 1 heterocycles. The van der Waals surface area contributed by atoms with E-state index < -0.39 is 18.0 Å². The van der Waals surface area contributed by atoms with E-state index in [1.165, 1.54) is 0 Å². The Morgan fingerprint density at radius 3 is 2.67 bits per heavy atom. The zero-order valence-corrected chi connectivity index (χ0v) is 12.5. The fraction of sp³-hybridized carbons (Fsp3) is 0.933. The van der Waals surface area contributed by atoms with E-state index in [1.54, 1.807) is 0 Å². The van der Waals surface area contributed by atoms with Crippen LogP contribution < -0.4 is 10.6 Å². The summed E-state index contributed by atoms with van der Waals surface area (Å²) < 4.78 is 38.3. The Bertz CT molecular complexity index is 359. The number of rotatable bonds is 3. The van der Waals surface area contributed by atoms with Crippen LogP contribution in [0, 0.1) is 17.8 Å². The van der Waals surface area contributed by atoms with Gasteiger partial charge < -0.3 is 10.6 Å². The molecule has 1 aliphatic heterocycles. The van der Waals surface area contributed by atoms with Gasteiger partial charge in [-0.2, -0.15) is 13.2 Å². The number of halogens is 3. The van der Waals surface area contributed by atoms with Crippen molar-refractivity contribution in [3.05, 3.63) is 0 Å². The molecule has 4 unspecified atom stereocenters. The van der Waals surface area contributed by atoms with Gasteiger partial charge in [-0.05, 0) is 44.6 Å². The van der Waals surface area contributed by atoms with Crippen LogP contribution in [0.4, 0.5) is 13.2 Å². The van der Waals surface area contributed by atoms with Crippen molar-refractivity contribution in [3.8, 4) is 0 Å². The second kappa shape index (κ2) is 6.99. The zero-order chi connectivity index (χ0) is 15.5. The molecule has 0 radical (unpaired) electrons. The van der Waals surface area contributed by atoms with Crippen LogP contribution in [-0.2, 0) is 4.79 Å². The number of hydrogen-bond acceptors (Lipinski definition) is 2. The molecule has 2 fully saturated rings. The Labute approximate surface area is 124 Å². The second-order valence-electron chi connectivity index (χ2n) is 6.53. The van der Waals surface area contributed by atoms with Crippen molar-refractivity contribution in [1.82, 2.24) is 10.6 Å². The summed E-state index contributed by atoms with van der Waals surface area (Å²) in [5.41, 5.74) is 0. The summed E-state index contributed by atoms with van der Waals surface area (Å²) in [4.78, 5) is 12.1. The highest BCUT2D eigenvalue weighted by Crippen LogP contribution is 2.39. The molecule has 1 saturated heterocycles. The lowest BCUT2D eigenvalue weighted by molar-refractivity contribution is -0.186. The number of carbonyl (C=O) groups excluding carboxylic acids is 1. The third kappa shape index (κ3) is 4.59. The van der Waals surface area contributed by atoms with Crippen LogP contribution in [0.5, 0.6) is 0 Å². The van der Waals surface area contributed by atoms with E-state index in [-0.39, 0.29) is 24.8 Å². The Balaban J connectivity index is 1.80. The molecule has 1 amide bonds. The smallest absolute Gasteiger partial charge is 0.354 e. The highest BCUT2D eigenvalue weighted by Gasteiger charge is 2.43. The van der Waals surface area contributed by atoms with Gasteiger partial charge >= 0.3 is 6.18 Å². The van der Waals surface area contributed by atoms with E-state index in [1.807, 2.05) is 0 Å². The lowest BCUT2D eigenvalue weighted by Gasteiger charge is -2.32. The summed E-state index contributed by atoms with van der Waals surface area (Å²) >= 11 is 0. The van der Waals surface area contributed by atoms with Gasteiger partial charge in [0.25, 0.3) is 0 Å². The molecule has 3 nitrogen and oxygen atoms in total. The maximum absolute atomic E-state index is 12.8. The minimum atomic E-state index is -4.17. The number of carbonyl (C=O) groups is 1. The van der Waals surface area contributed by atoms with Crippen LogP contribution in [0.25, 0.3) is 0 Å². The second-order valence-corrected chi connectivity index (χ2v) is 6.53. The number of hydrogen-bond donors (Lipinski definition) is 2. The summed E-state index contributed by atoms with van der Waals surface area (Å²) in [5, 5.41) is 6.22. The van der Waals surface area contributed by atoms with Gasteiger partial charge in [-0.3, -0.25) is 4.79 Å². The summed E-state index contributed by atoms with van der Waals surface area (Å²) in [7, 11) is 0. The molecule has 1 aliphatic carbocycles. The van der Waals surface area contributed by atoms with Gasteiger partial charge in [-0.15, -0.1) is 0 Å². The van der Waals surface area contributed by atoms with E-state index in [0.717, 1.165) is 19.4 Å². The molecule has 6 heteroatoms. The molecule has 0 aromatic rings. The Hall–Kier alpha value is -0.780. The molecule has 0 aromatic carbocycles. The normalized spacial score (nSPS) is 34.5. The van der Waals surface area contributed by atoms with Crippen LogP contribution in [0.2, 0.25) is 0 Å². The molecular formula is C15H25F3N2O. The molecule has 122 valence electrons. The highest BCUT2D eigenvalue weighted by molar-refractivity contribution is 5.78. The number of amides is 1. The lowest BCUT2D eigenvalue weighted by atomic mass is 9.80. The van der Waals surface area contributed by atoms with Gasteiger partial charge in [0.1, 0.15) is 0 Å². The van der Waals surface area contributed by atoms with Crippen molar-refractivity contribution in [2.45, 2.75) is 57.7 Å². The van der Waals surface area contributed by atoms with Gasteiger partial charge in [-0.1, -0.05) is 13.3 Å². The van der Waals surface area contributed by atoms with Gasteiger partial charge in [0.2, 0.25) is 5.91 Å². The maximum Gasteiger partial charge on any atom is 0.391 e. The summed E-state index contributed by atoms with van der Waals surface area (Å²) in [6.07, 6.45) is -0.725. The first-order valence-electron chi connectivity index (χ1n) is 7.95. The van der Waals surface area contributed by atoms with Crippen LogP contribution >= 0.6 is 0 Å². The first-order valence-corrected chi connectivity index (χ1v) is 7.95. The number of nitrogens with one attached hydrogen (secondary N) is 2. The van der Waals surface area contributed by atoms with Crippen molar-refractivity contribution >= 4 is 5.91 Å². The summed E-state index contributed by atoms with van der Waals surface area (Å²) in [6, 6.07) is 0.240. The lowest BCUT2D eigenvalue weighted by Crippen LogP contribution is -2.49. The van der Waals surface area contributed by atoms with Crippen LogP contribution in [0.1, 0.15) is 45.4 Å². The summed E-state index contributed by atoms with van der Waals surface area (Å²) in [5.74, 6) is -1.50. The largest absolute Gasteiger partial charge is 0.391 e. The molecule has 0 spiro atoms. The van der Waals surface area contributed by atoms with Crippen LogP contribution in [-0.4, -0.2) is 31.2 Å². The number of piperidine rings is 1. The van der Waals surface area contributed by atoms with E-state index in [2.05, 4.69) is 17.6 Å².